The topological polar surface area (TPSA) is 116 Å². The third-order valence-corrected chi connectivity index (χ3v) is 7.09. The number of carboxylic acids is 1. The lowest BCUT2D eigenvalue weighted by molar-refractivity contribution is -0.122. The molecule has 1 heterocycles. The van der Waals surface area contributed by atoms with Crippen molar-refractivity contribution in [3.8, 4) is 22.6 Å². The van der Waals surface area contributed by atoms with Crippen LogP contribution in [0.1, 0.15) is 22.3 Å². The fourth-order valence-corrected chi connectivity index (χ4v) is 5.06. The fraction of sp³-hybridized carbons (Fsp3) is 0.111. The molecule has 1 aliphatic rings. The Hall–Kier alpha value is -4.29. The predicted molar refractivity (Wildman–Crippen MR) is 147 cm³/mol. The van der Waals surface area contributed by atoms with Gasteiger partial charge >= 0.3 is 5.97 Å². The van der Waals surface area contributed by atoms with Crippen LogP contribution in [0.2, 0.25) is 0 Å². The molecule has 0 aliphatic carbocycles. The molecule has 0 unspecified atom stereocenters. The van der Waals surface area contributed by atoms with Gasteiger partial charge in [-0.1, -0.05) is 36.1 Å². The number of carboxylic acid groups (broad SMARTS) is 1. The predicted octanol–water partition coefficient (Wildman–Crippen LogP) is 5.27. The van der Waals surface area contributed by atoms with Crippen molar-refractivity contribution in [1.29, 1.82) is 0 Å². The fourth-order valence-electron chi connectivity index (χ4n) is 3.76. The van der Waals surface area contributed by atoms with Crippen molar-refractivity contribution in [2.45, 2.75) is 6.42 Å². The van der Waals surface area contributed by atoms with E-state index in [1.807, 2.05) is 0 Å². The molecule has 0 aromatic heterocycles. The minimum Gasteiger partial charge on any atom is -0.507 e. The Morgan fingerprint density at radius 3 is 2.46 bits per heavy atom. The molecule has 1 fully saturated rings. The summed E-state index contributed by atoms with van der Waals surface area (Å²) in [7, 11) is 1.46. The number of phenols is 1. The van der Waals surface area contributed by atoms with Gasteiger partial charge in [0.1, 0.15) is 21.4 Å². The molecule has 8 nitrogen and oxygen atoms in total. The molecule has 12 heteroatoms. The number of ether oxygens (including phenoxy) is 1. The number of carbonyl (C=O) groups is 3. The Kier molecular flexibility index (Phi) is 8.27. The highest BCUT2D eigenvalue weighted by molar-refractivity contribution is 8.26. The highest BCUT2D eigenvalue weighted by Crippen LogP contribution is 2.36. The quantitative estimate of drug-likeness (QED) is 0.248. The van der Waals surface area contributed by atoms with Crippen molar-refractivity contribution in [2.75, 3.05) is 19.0 Å². The lowest BCUT2D eigenvalue weighted by Crippen LogP contribution is -2.31. The van der Waals surface area contributed by atoms with E-state index in [1.165, 1.54) is 24.1 Å². The summed E-state index contributed by atoms with van der Waals surface area (Å²) in [6, 6.07) is 12.2. The molecular formula is C27H20F2N2O6S2. The van der Waals surface area contributed by atoms with Crippen LogP contribution in [0, 0.1) is 11.6 Å². The minimum absolute atomic E-state index is 0.0148. The van der Waals surface area contributed by atoms with Gasteiger partial charge in [0.15, 0.2) is 11.6 Å². The second kappa shape index (κ2) is 11.6. The smallest absolute Gasteiger partial charge is 0.339 e. The van der Waals surface area contributed by atoms with Crippen LogP contribution in [0.5, 0.6) is 11.5 Å². The maximum atomic E-state index is 13.7. The Balaban J connectivity index is 1.47. The third kappa shape index (κ3) is 6.24. The van der Waals surface area contributed by atoms with E-state index in [2.05, 4.69) is 5.32 Å². The summed E-state index contributed by atoms with van der Waals surface area (Å²) in [6.45, 7) is -0.0148. The number of thioether (sulfide) groups is 1. The highest BCUT2D eigenvalue weighted by Gasteiger charge is 2.32. The third-order valence-electron chi connectivity index (χ3n) is 5.72. The lowest BCUT2D eigenvalue weighted by Gasteiger charge is -2.14. The van der Waals surface area contributed by atoms with Crippen molar-refractivity contribution in [3.63, 3.8) is 0 Å². The summed E-state index contributed by atoms with van der Waals surface area (Å²) in [5.74, 6) is -4.18. The molecule has 0 spiro atoms. The number of benzene rings is 3. The monoisotopic (exact) mass is 570 g/mol. The van der Waals surface area contributed by atoms with Crippen LogP contribution in [-0.2, 0) is 9.59 Å². The molecule has 0 saturated carbocycles. The number of aromatic hydroxyl groups is 1. The number of thiocarbonyl (C=S) groups is 1. The van der Waals surface area contributed by atoms with Crippen LogP contribution in [0.25, 0.3) is 17.2 Å². The first-order valence-electron chi connectivity index (χ1n) is 11.3. The number of hydrogen-bond donors (Lipinski definition) is 3. The number of halogens is 2. The van der Waals surface area contributed by atoms with E-state index in [4.69, 9.17) is 22.1 Å². The average molecular weight is 571 g/mol. The van der Waals surface area contributed by atoms with Crippen LogP contribution in [0.4, 0.5) is 14.5 Å². The lowest BCUT2D eigenvalue weighted by atomic mass is 10.0. The highest BCUT2D eigenvalue weighted by atomic mass is 32.2. The molecular weight excluding hydrogens is 550 g/mol. The van der Waals surface area contributed by atoms with Gasteiger partial charge in [-0.2, -0.15) is 0 Å². The number of nitrogens with zero attached hydrogens (tertiary/aromatic N) is 1. The molecule has 3 N–H and O–H groups in total. The van der Waals surface area contributed by atoms with E-state index in [0.717, 1.165) is 36.0 Å². The largest absolute Gasteiger partial charge is 0.507 e. The molecule has 2 amide bonds. The first kappa shape index (κ1) is 27.7. The number of aromatic carboxylic acids is 1. The minimum atomic E-state index is -1.30. The first-order chi connectivity index (χ1) is 18.6. The van der Waals surface area contributed by atoms with E-state index in [0.29, 0.717) is 22.4 Å². The van der Waals surface area contributed by atoms with E-state index in [-0.39, 0.29) is 33.4 Å². The number of amides is 2. The zero-order chi connectivity index (χ0) is 28.3. The Labute approximate surface area is 230 Å². The SMILES string of the molecule is COc1ccc(-c2ccc(F)c(F)c2)cc1C=C1SC(=S)N(CCC(=O)Nc2ccc(C(=O)O)c(O)c2)C1=O. The van der Waals surface area contributed by atoms with Gasteiger partial charge in [-0.25, -0.2) is 13.6 Å². The summed E-state index contributed by atoms with van der Waals surface area (Å²) >= 11 is 6.38. The van der Waals surface area contributed by atoms with Crippen LogP contribution in [-0.4, -0.2) is 50.9 Å². The van der Waals surface area contributed by atoms with Crippen LogP contribution in [0.3, 0.4) is 0 Å². The van der Waals surface area contributed by atoms with Crippen LogP contribution >= 0.6 is 24.0 Å². The Morgan fingerprint density at radius 2 is 1.79 bits per heavy atom. The van der Waals surface area contributed by atoms with Crippen molar-refractivity contribution in [3.05, 3.63) is 82.3 Å². The number of anilines is 1. The Morgan fingerprint density at radius 1 is 1.08 bits per heavy atom. The molecule has 1 saturated heterocycles. The number of hydrogen-bond acceptors (Lipinski definition) is 7. The summed E-state index contributed by atoms with van der Waals surface area (Å²) in [6.07, 6.45) is 1.46. The molecule has 4 rings (SSSR count). The molecule has 0 atom stereocenters. The van der Waals surface area contributed by atoms with E-state index >= 15 is 0 Å². The van der Waals surface area contributed by atoms with Gasteiger partial charge in [0.25, 0.3) is 5.91 Å². The van der Waals surface area contributed by atoms with E-state index in [9.17, 15) is 28.3 Å². The van der Waals surface area contributed by atoms with Crippen LogP contribution in [0.15, 0.2) is 59.5 Å². The second-order valence-electron chi connectivity index (χ2n) is 8.25. The summed E-state index contributed by atoms with van der Waals surface area (Å²) in [5, 5.41) is 21.3. The van der Waals surface area contributed by atoms with Crippen molar-refractivity contribution >= 4 is 57.8 Å². The van der Waals surface area contributed by atoms with Crippen molar-refractivity contribution in [2.24, 2.45) is 0 Å². The second-order valence-corrected chi connectivity index (χ2v) is 9.93. The van der Waals surface area contributed by atoms with Crippen molar-refractivity contribution in [1.82, 2.24) is 4.90 Å². The molecule has 200 valence electrons. The van der Waals surface area contributed by atoms with Gasteiger partial charge in [-0.05, 0) is 53.6 Å². The number of methoxy groups -OCH3 is 1. The van der Waals surface area contributed by atoms with Crippen LogP contribution < -0.4 is 10.1 Å². The van der Waals surface area contributed by atoms with Gasteiger partial charge in [0.05, 0.1) is 12.0 Å². The summed E-state index contributed by atoms with van der Waals surface area (Å²) in [4.78, 5) is 38.1. The van der Waals surface area contributed by atoms with Gasteiger partial charge in [0, 0.05) is 30.3 Å². The summed E-state index contributed by atoms with van der Waals surface area (Å²) < 4.78 is 32.8. The maximum absolute atomic E-state index is 13.7. The average Bonchev–Trinajstić information content (AvgIpc) is 3.15. The van der Waals surface area contributed by atoms with Gasteiger partial charge in [-0.3, -0.25) is 14.5 Å². The normalized spacial score (nSPS) is 14.1. The molecule has 0 bridgehead atoms. The molecule has 1 aliphatic heterocycles. The van der Waals surface area contributed by atoms with E-state index in [1.54, 1.807) is 24.3 Å². The zero-order valence-corrected chi connectivity index (χ0v) is 21.9. The molecule has 3 aromatic carbocycles. The zero-order valence-electron chi connectivity index (χ0n) is 20.2. The van der Waals surface area contributed by atoms with Gasteiger partial charge in [0.2, 0.25) is 5.91 Å². The summed E-state index contributed by atoms with van der Waals surface area (Å²) in [5.41, 5.74) is 1.43. The molecule has 0 radical (unpaired) electrons. The maximum Gasteiger partial charge on any atom is 0.339 e. The number of nitrogens with one attached hydrogen (secondary N) is 1. The number of rotatable bonds is 8. The van der Waals surface area contributed by atoms with Crippen molar-refractivity contribution < 1.29 is 38.1 Å². The standard InChI is InChI=1S/C27H20F2N2O6S2/c1-37-22-7-3-14(15-2-6-19(28)20(29)11-15)10-16(22)12-23-25(34)31(27(38)39-23)9-8-24(33)30-17-4-5-18(26(35)36)21(32)13-17/h2-7,10-13,32H,8-9H2,1H3,(H,30,33)(H,35,36). The van der Waals surface area contributed by atoms with Gasteiger partial charge < -0.3 is 20.3 Å². The molecule has 39 heavy (non-hydrogen) atoms. The first-order valence-corrected chi connectivity index (χ1v) is 12.5. The van der Waals surface area contributed by atoms with Gasteiger partial charge in [-0.15, -0.1) is 0 Å². The Bertz CT molecular complexity index is 1540. The van der Waals surface area contributed by atoms with E-state index < -0.39 is 35.2 Å². The molecule has 3 aromatic rings. The number of carbonyl (C=O) groups excluding carboxylic acids is 2.